The molecule has 1 aliphatic carbocycles. The zero-order valence-corrected chi connectivity index (χ0v) is 13.2. The molecule has 1 saturated carbocycles. The van der Waals surface area contributed by atoms with Crippen molar-refractivity contribution in [1.82, 2.24) is 0 Å². The lowest BCUT2D eigenvalue weighted by molar-refractivity contribution is 0.572. The molecule has 3 nitrogen and oxygen atoms in total. The summed E-state index contributed by atoms with van der Waals surface area (Å²) >= 11 is 0. The number of hydrogen-bond donors (Lipinski definition) is 1. The number of rotatable bonds is 5. The van der Waals surface area contributed by atoms with E-state index in [0.717, 1.165) is 31.2 Å². The third-order valence-corrected chi connectivity index (χ3v) is 6.56. The third kappa shape index (κ3) is 3.61. The van der Waals surface area contributed by atoms with Gasteiger partial charge in [-0.25, -0.2) is 8.42 Å². The Balaban J connectivity index is 2.05. The number of sulfone groups is 1. The molecule has 2 rings (SSSR count). The van der Waals surface area contributed by atoms with Crippen LogP contribution in [0.5, 0.6) is 0 Å². The Bertz CT molecular complexity index is 528. The van der Waals surface area contributed by atoms with Crippen LogP contribution in [-0.4, -0.2) is 19.4 Å². The van der Waals surface area contributed by atoms with Crippen molar-refractivity contribution in [3.05, 3.63) is 35.4 Å². The molecular weight excluding hydrogens is 270 g/mol. The summed E-state index contributed by atoms with van der Waals surface area (Å²) in [4.78, 5) is 0. The van der Waals surface area contributed by atoms with E-state index in [2.05, 4.69) is 13.8 Å². The van der Waals surface area contributed by atoms with E-state index in [9.17, 15) is 8.42 Å². The fourth-order valence-electron chi connectivity index (χ4n) is 2.86. The van der Waals surface area contributed by atoms with Crippen LogP contribution in [0.2, 0.25) is 0 Å². The Kier molecular flexibility index (Phi) is 4.86. The van der Waals surface area contributed by atoms with Crippen molar-refractivity contribution in [2.75, 3.05) is 5.75 Å². The van der Waals surface area contributed by atoms with E-state index in [-0.39, 0.29) is 11.0 Å². The maximum absolute atomic E-state index is 12.3. The Hall–Kier alpha value is -0.870. The molecule has 0 aromatic heterocycles. The molecule has 1 atom stereocenters. The molecule has 1 aliphatic rings. The molecule has 0 amide bonds. The lowest BCUT2D eigenvalue weighted by Crippen LogP contribution is -2.28. The summed E-state index contributed by atoms with van der Waals surface area (Å²) in [5.74, 6) is 0.543. The smallest absolute Gasteiger partial charge is 0.155 e. The molecule has 20 heavy (non-hydrogen) atoms. The molecule has 0 bridgehead atoms. The summed E-state index contributed by atoms with van der Waals surface area (Å²) in [5, 5.41) is -0.163. The highest BCUT2D eigenvalue weighted by Gasteiger charge is 2.30. The van der Waals surface area contributed by atoms with Gasteiger partial charge in [0.25, 0.3) is 0 Å². The van der Waals surface area contributed by atoms with Gasteiger partial charge in [-0.05, 0) is 29.9 Å². The highest BCUT2D eigenvalue weighted by Crippen LogP contribution is 2.27. The molecule has 0 spiro atoms. The maximum atomic E-state index is 12.3. The second kappa shape index (κ2) is 6.27. The van der Waals surface area contributed by atoms with Gasteiger partial charge < -0.3 is 5.73 Å². The Morgan fingerprint density at radius 1 is 1.10 bits per heavy atom. The van der Waals surface area contributed by atoms with Gasteiger partial charge in [0.1, 0.15) is 0 Å². The minimum Gasteiger partial charge on any atom is -0.323 e. The largest absolute Gasteiger partial charge is 0.323 e. The summed E-state index contributed by atoms with van der Waals surface area (Å²) in [6, 6.07) is 7.60. The van der Waals surface area contributed by atoms with Crippen LogP contribution in [0.3, 0.4) is 0 Å². The molecule has 1 aromatic rings. The highest BCUT2D eigenvalue weighted by molar-refractivity contribution is 7.92. The Morgan fingerprint density at radius 3 is 2.10 bits per heavy atom. The van der Waals surface area contributed by atoms with Crippen molar-refractivity contribution >= 4 is 9.84 Å². The topological polar surface area (TPSA) is 60.2 Å². The Morgan fingerprint density at radius 2 is 1.60 bits per heavy atom. The van der Waals surface area contributed by atoms with Crippen molar-refractivity contribution in [2.45, 2.75) is 56.7 Å². The summed E-state index contributed by atoms with van der Waals surface area (Å²) in [6.07, 6.45) is 3.67. The molecule has 1 fully saturated rings. The zero-order valence-electron chi connectivity index (χ0n) is 12.4. The molecule has 2 N–H and O–H groups in total. The van der Waals surface area contributed by atoms with Crippen molar-refractivity contribution in [3.63, 3.8) is 0 Å². The predicted octanol–water partition coefficient (Wildman–Crippen LogP) is 3.17. The van der Waals surface area contributed by atoms with Crippen LogP contribution in [0.4, 0.5) is 0 Å². The molecule has 0 heterocycles. The standard InChI is InChI=1S/C16H25NO2S/c1-12(2)13-7-9-14(10-8-13)16(17)11-20(18,19)15-5-3-4-6-15/h7-10,12,15-16H,3-6,11,17H2,1-2H3. The van der Waals surface area contributed by atoms with Crippen LogP contribution < -0.4 is 5.73 Å². The monoisotopic (exact) mass is 295 g/mol. The average Bonchev–Trinajstić information content (AvgIpc) is 2.93. The fraction of sp³-hybridized carbons (Fsp3) is 0.625. The van der Waals surface area contributed by atoms with Gasteiger partial charge in [-0.1, -0.05) is 51.0 Å². The van der Waals surface area contributed by atoms with E-state index in [4.69, 9.17) is 5.73 Å². The summed E-state index contributed by atoms with van der Waals surface area (Å²) in [5.41, 5.74) is 8.26. The molecule has 0 saturated heterocycles. The van der Waals surface area contributed by atoms with Gasteiger partial charge in [0.2, 0.25) is 0 Å². The normalized spacial score (nSPS) is 18.6. The van der Waals surface area contributed by atoms with E-state index >= 15 is 0 Å². The zero-order chi connectivity index (χ0) is 14.8. The SMILES string of the molecule is CC(C)c1ccc(C(N)CS(=O)(=O)C2CCCC2)cc1. The highest BCUT2D eigenvalue weighted by atomic mass is 32.2. The summed E-state index contributed by atoms with van der Waals surface area (Å²) in [6.45, 7) is 4.28. The first-order valence-electron chi connectivity index (χ1n) is 7.47. The van der Waals surface area contributed by atoms with Crippen LogP contribution in [0.1, 0.15) is 62.6 Å². The molecule has 1 unspecified atom stereocenters. The summed E-state index contributed by atoms with van der Waals surface area (Å²) in [7, 11) is -3.06. The molecule has 0 aliphatic heterocycles. The van der Waals surface area contributed by atoms with Gasteiger partial charge in [0, 0.05) is 6.04 Å². The molecule has 1 aromatic carbocycles. The second-order valence-electron chi connectivity index (χ2n) is 6.16. The van der Waals surface area contributed by atoms with Gasteiger partial charge in [-0.2, -0.15) is 0 Å². The van der Waals surface area contributed by atoms with Crippen molar-refractivity contribution in [3.8, 4) is 0 Å². The second-order valence-corrected chi connectivity index (χ2v) is 8.49. The van der Waals surface area contributed by atoms with Crippen molar-refractivity contribution in [1.29, 1.82) is 0 Å². The lowest BCUT2D eigenvalue weighted by Gasteiger charge is -2.17. The van der Waals surface area contributed by atoms with Crippen molar-refractivity contribution < 1.29 is 8.42 Å². The molecule has 0 radical (unpaired) electrons. The Labute approximate surface area is 122 Å². The van der Waals surface area contributed by atoms with Gasteiger partial charge in [0.15, 0.2) is 9.84 Å². The maximum Gasteiger partial charge on any atom is 0.155 e. The average molecular weight is 295 g/mol. The van der Waals surface area contributed by atoms with Crippen LogP contribution in [0.15, 0.2) is 24.3 Å². The van der Waals surface area contributed by atoms with Gasteiger partial charge >= 0.3 is 0 Å². The van der Waals surface area contributed by atoms with Gasteiger partial charge in [0.05, 0.1) is 11.0 Å². The summed E-state index contributed by atoms with van der Waals surface area (Å²) < 4.78 is 24.6. The molecule has 4 heteroatoms. The van der Waals surface area contributed by atoms with E-state index in [1.807, 2.05) is 24.3 Å². The fourth-order valence-corrected chi connectivity index (χ4v) is 4.87. The minimum atomic E-state index is -3.06. The number of hydrogen-bond acceptors (Lipinski definition) is 3. The van der Waals surface area contributed by atoms with Crippen molar-refractivity contribution in [2.24, 2.45) is 5.73 Å². The predicted molar refractivity (Wildman–Crippen MR) is 83.5 cm³/mol. The van der Waals surface area contributed by atoms with Gasteiger partial charge in [-0.3, -0.25) is 0 Å². The van der Waals surface area contributed by atoms with Gasteiger partial charge in [-0.15, -0.1) is 0 Å². The van der Waals surface area contributed by atoms with Crippen LogP contribution in [0, 0.1) is 0 Å². The quantitative estimate of drug-likeness (QED) is 0.907. The first-order chi connectivity index (χ1) is 9.40. The van der Waals surface area contributed by atoms with E-state index in [1.54, 1.807) is 0 Å². The first-order valence-corrected chi connectivity index (χ1v) is 9.18. The van der Waals surface area contributed by atoms with E-state index in [0.29, 0.717) is 5.92 Å². The van der Waals surface area contributed by atoms with E-state index in [1.165, 1.54) is 5.56 Å². The third-order valence-electron chi connectivity index (χ3n) is 4.25. The van der Waals surface area contributed by atoms with Crippen LogP contribution in [-0.2, 0) is 9.84 Å². The lowest BCUT2D eigenvalue weighted by atomic mass is 10.00. The minimum absolute atomic E-state index is 0.0681. The van der Waals surface area contributed by atoms with E-state index < -0.39 is 15.9 Å². The molecule has 112 valence electrons. The first kappa shape index (κ1) is 15.5. The van der Waals surface area contributed by atoms with Crippen LogP contribution in [0.25, 0.3) is 0 Å². The van der Waals surface area contributed by atoms with Crippen LogP contribution >= 0.6 is 0 Å². The number of nitrogens with two attached hydrogens (primary N) is 1. The number of benzene rings is 1. The molecular formula is C16H25NO2S.